The Morgan fingerprint density at radius 1 is 1.36 bits per heavy atom. The number of aliphatic hydroxyl groups excluding tert-OH is 1. The van der Waals surface area contributed by atoms with Crippen molar-refractivity contribution in [2.45, 2.75) is 19.4 Å². The lowest BCUT2D eigenvalue weighted by atomic mass is 10.1. The van der Waals surface area contributed by atoms with Crippen LogP contribution in [0.4, 0.5) is 11.6 Å². The zero-order valence-electron chi connectivity index (χ0n) is 8.70. The Bertz CT molecular complexity index is 301. The lowest BCUT2D eigenvalue weighted by Gasteiger charge is -2.24. The normalized spacial score (nSPS) is 11.1. The van der Waals surface area contributed by atoms with Gasteiger partial charge in [-0.15, -0.1) is 0 Å². The first-order valence-corrected chi connectivity index (χ1v) is 4.46. The summed E-state index contributed by atoms with van der Waals surface area (Å²) in [6, 6.07) is 1.79. The first-order valence-electron chi connectivity index (χ1n) is 4.46. The Kier molecular flexibility index (Phi) is 3.24. The number of nitrogens with one attached hydrogen (secondary N) is 2. The van der Waals surface area contributed by atoms with Gasteiger partial charge in [-0.25, -0.2) is 9.97 Å². The van der Waals surface area contributed by atoms with Gasteiger partial charge in [0.15, 0.2) is 0 Å². The summed E-state index contributed by atoms with van der Waals surface area (Å²) in [4.78, 5) is 8.04. The Morgan fingerprint density at radius 2 is 2.00 bits per heavy atom. The van der Waals surface area contributed by atoms with Crippen LogP contribution in [0.2, 0.25) is 0 Å². The molecule has 0 radical (unpaired) electrons. The maximum atomic E-state index is 9.06. The van der Waals surface area contributed by atoms with Crippen molar-refractivity contribution in [3.05, 3.63) is 12.4 Å². The molecule has 5 heteroatoms. The molecule has 1 aromatic rings. The highest BCUT2D eigenvalue weighted by Gasteiger charge is 2.16. The first kappa shape index (κ1) is 10.7. The van der Waals surface area contributed by atoms with Gasteiger partial charge in [-0.05, 0) is 13.8 Å². The van der Waals surface area contributed by atoms with Crippen molar-refractivity contribution < 1.29 is 5.11 Å². The fourth-order valence-electron chi connectivity index (χ4n) is 0.949. The van der Waals surface area contributed by atoms with E-state index in [0.717, 1.165) is 5.82 Å². The summed E-state index contributed by atoms with van der Waals surface area (Å²) < 4.78 is 0. The largest absolute Gasteiger partial charge is 0.394 e. The Balaban J connectivity index is 2.76. The summed E-state index contributed by atoms with van der Waals surface area (Å²) >= 11 is 0. The number of aliphatic hydroxyl groups is 1. The number of hydrogen-bond acceptors (Lipinski definition) is 5. The van der Waals surface area contributed by atoms with E-state index in [4.69, 9.17) is 5.11 Å². The molecule has 78 valence electrons. The quantitative estimate of drug-likeness (QED) is 0.661. The highest BCUT2D eigenvalue weighted by Crippen LogP contribution is 2.13. The minimum atomic E-state index is -0.376. The highest BCUT2D eigenvalue weighted by atomic mass is 16.3. The van der Waals surface area contributed by atoms with Crippen LogP contribution in [0.5, 0.6) is 0 Å². The van der Waals surface area contributed by atoms with Gasteiger partial charge in [0, 0.05) is 13.1 Å². The molecule has 0 aliphatic rings. The van der Waals surface area contributed by atoms with Crippen LogP contribution < -0.4 is 10.6 Å². The van der Waals surface area contributed by atoms with Crippen LogP contribution in [-0.4, -0.2) is 34.3 Å². The van der Waals surface area contributed by atoms with Gasteiger partial charge in [0.25, 0.3) is 0 Å². The van der Waals surface area contributed by atoms with Crippen LogP contribution in [0, 0.1) is 0 Å². The molecule has 0 aliphatic carbocycles. The van der Waals surface area contributed by atoms with E-state index >= 15 is 0 Å². The van der Waals surface area contributed by atoms with Crippen molar-refractivity contribution in [3.8, 4) is 0 Å². The smallest absolute Gasteiger partial charge is 0.131 e. The van der Waals surface area contributed by atoms with Gasteiger partial charge < -0.3 is 15.7 Å². The molecular formula is C9H16N4O. The summed E-state index contributed by atoms with van der Waals surface area (Å²) in [7, 11) is 1.79. The van der Waals surface area contributed by atoms with Crippen LogP contribution in [0.3, 0.4) is 0 Å². The maximum Gasteiger partial charge on any atom is 0.131 e. The van der Waals surface area contributed by atoms with E-state index in [1.807, 2.05) is 13.8 Å². The Hall–Kier alpha value is -1.36. The molecule has 0 atom stereocenters. The number of nitrogens with zero attached hydrogens (tertiary/aromatic N) is 2. The van der Waals surface area contributed by atoms with E-state index < -0.39 is 0 Å². The van der Waals surface area contributed by atoms with E-state index in [2.05, 4.69) is 20.6 Å². The molecule has 1 aromatic heterocycles. The molecule has 0 amide bonds. The Morgan fingerprint density at radius 3 is 2.57 bits per heavy atom. The molecule has 0 saturated carbocycles. The van der Waals surface area contributed by atoms with Crippen molar-refractivity contribution in [2.75, 3.05) is 24.3 Å². The summed E-state index contributed by atoms with van der Waals surface area (Å²) in [6.45, 7) is 3.84. The lowest BCUT2D eigenvalue weighted by molar-refractivity contribution is 0.234. The predicted molar refractivity (Wildman–Crippen MR) is 56.4 cm³/mol. The average molecular weight is 196 g/mol. The summed E-state index contributed by atoms with van der Waals surface area (Å²) in [5.74, 6) is 1.44. The molecule has 0 unspecified atom stereocenters. The molecule has 14 heavy (non-hydrogen) atoms. The van der Waals surface area contributed by atoms with Crippen LogP contribution in [0.1, 0.15) is 13.8 Å². The topological polar surface area (TPSA) is 70.1 Å². The average Bonchev–Trinajstić information content (AvgIpc) is 2.17. The van der Waals surface area contributed by atoms with E-state index in [-0.39, 0.29) is 12.1 Å². The van der Waals surface area contributed by atoms with Gasteiger partial charge in [0.05, 0.1) is 12.1 Å². The molecular weight excluding hydrogens is 180 g/mol. The second kappa shape index (κ2) is 4.23. The molecule has 1 heterocycles. The van der Waals surface area contributed by atoms with Gasteiger partial charge in [-0.1, -0.05) is 0 Å². The number of anilines is 2. The van der Waals surface area contributed by atoms with Gasteiger partial charge in [0.2, 0.25) is 0 Å². The standard InChI is InChI=1S/C9H16N4O/c1-9(2,5-14)13-8-4-7(10-3)11-6-12-8/h4,6,14H,5H2,1-3H3,(H2,10,11,12,13). The zero-order valence-corrected chi connectivity index (χ0v) is 8.70. The predicted octanol–water partition coefficient (Wildman–Crippen LogP) is 0.701. The number of aromatic nitrogens is 2. The first-order chi connectivity index (χ1) is 6.57. The second-order valence-corrected chi connectivity index (χ2v) is 3.71. The fourth-order valence-corrected chi connectivity index (χ4v) is 0.949. The molecule has 0 fully saturated rings. The van der Waals surface area contributed by atoms with E-state index in [1.54, 1.807) is 13.1 Å². The van der Waals surface area contributed by atoms with E-state index in [1.165, 1.54) is 6.33 Å². The third kappa shape index (κ3) is 2.85. The molecule has 0 bridgehead atoms. The van der Waals surface area contributed by atoms with Gasteiger partial charge in [0.1, 0.15) is 18.0 Å². The maximum absolute atomic E-state index is 9.06. The fraction of sp³-hybridized carbons (Fsp3) is 0.556. The van der Waals surface area contributed by atoms with Gasteiger partial charge in [-0.2, -0.15) is 0 Å². The third-order valence-corrected chi connectivity index (χ3v) is 1.78. The second-order valence-electron chi connectivity index (χ2n) is 3.71. The van der Waals surface area contributed by atoms with Crippen LogP contribution >= 0.6 is 0 Å². The van der Waals surface area contributed by atoms with Gasteiger partial charge >= 0.3 is 0 Å². The third-order valence-electron chi connectivity index (χ3n) is 1.78. The molecule has 0 saturated heterocycles. The summed E-state index contributed by atoms with van der Waals surface area (Å²) in [5, 5.41) is 15.1. The van der Waals surface area contributed by atoms with E-state index in [9.17, 15) is 0 Å². The van der Waals surface area contributed by atoms with Crippen molar-refractivity contribution in [3.63, 3.8) is 0 Å². The molecule has 0 aromatic carbocycles. The minimum absolute atomic E-state index is 0.0475. The van der Waals surface area contributed by atoms with Gasteiger partial charge in [-0.3, -0.25) is 0 Å². The number of rotatable bonds is 4. The van der Waals surface area contributed by atoms with Crippen molar-refractivity contribution in [1.82, 2.24) is 9.97 Å². The SMILES string of the molecule is CNc1cc(NC(C)(C)CO)ncn1. The Labute approximate surface area is 83.6 Å². The summed E-state index contributed by atoms with van der Waals surface area (Å²) in [5.41, 5.74) is -0.376. The number of hydrogen-bond donors (Lipinski definition) is 3. The molecule has 0 aliphatic heterocycles. The van der Waals surface area contributed by atoms with Crippen molar-refractivity contribution in [2.24, 2.45) is 0 Å². The lowest BCUT2D eigenvalue weighted by Crippen LogP contribution is -2.35. The van der Waals surface area contributed by atoms with Crippen LogP contribution in [0.15, 0.2) is 12.4 Å². The monoisotopic (exact) mass is 196 g/mol. The summed E-state index contributed by atoms with van der Waals surface area (Å²) in [6.07, 6.45) is 1.47. The van der Waals surface area contributed by atoms with Crippen molar-refractivity contribution in [1.29, 1.82) is 0 Å². The van der Waals surface area contributed by atoms with E-state index in [0.29, 0.717) is 5.82 Å². The van der Waals surface area contributed by atoms with Crippen LogP contribution in [0.25, 0.3) is 0 Å². The molecule has 3 N–H and O–H groups in total. The zero-order chi connectivity index (χ0) is 10.6. The van der Waals surface area contributed by atoms with Crippen molar-refractivity contribution >= 4 is 11.6 Å². The molecule has 5 nitrogen and oxygen atoms in total. The van der Waals surface area contributed by atoms with Crippen LogP contribution in [-0.2, 0) is 0 Å². The molecule has 1 rings (SSSR count). The minimum Gasteiger partial charge on any atom is -0.394 e. The molecule has 0 spiro atoms. The highest BCUT2D eigenvalue weighted by molar-refractivity contribution is 5.47.